The molecular formula is C20H21N5O2. The van der Waals surface area contributed by atoms with Crippen LogP contribution in [0, 0.1) is 0 Å². The first kappa shape index (κ1) is 17.2. The third-order valence-corrected chi connectivity index (χ3v) is 4.93. The number of benzene rings is 1. The van der Waals surface area contributed by atoms with Crippen molar-refractivity contribution >= 4 is 22.7 Å². The van der Waals surface area contributed by atoms with Gasteiger partial charge in [-0.15, -0.1) is 0 Å². The Kier molecular flexibility index (Phi) is 4.35. The lowest BCUT2D eigenvalue weighted by Gasteiger charge is -2.34. The maximum absolute atomic E-state index is 13.4. The van der Waals surface area contributed by atoms with Crippen molar-refractivity contribution in [1.29, 1.82) is 0 Å². The monoisotopic (exact) mass is 363 g/mol. The molecule has 138 valence electrons. The van der Waals surface area contributed by atoms with Crippen LogP contribution in [0.2, 0.25) is 0 Å². The zero-order chi connectivity index (χ0) is 19.0. The quantitative estimate of drug-likeness (QED) is 0.772. The van der Waals surface area contributed by atoms with Gasteiger partial charge in [-0.25, -0.2) is 4.98 Å². The SMILES string of the molecule is CCC1C(=O)NCCN1C(=O)c1cc(-c2cnn(C)c2)nc2ccccc12. The van der Waals surface area contributed by atoms with Gasteiger partial charge >= 0.3 is 0 Å². The van der Waals surface area contributed by atoms with Crippen LogP contribution in [-0.4, -0.2) is 50.6 Å². The molecule has 1 aromatic carbocycles. The fourth-order valence-corrected chi connectivity index (χ4v) is 3.57. The van der Waals surface area contributed by atoms with E-state index in [2.05, 4.69) is 10.4 Å². The van der Waals surface area contributed by atoms with E-state index >= 15 is 0 Å². The smallest absolute Gasteiger partial charge is 0.255 e. The van der Waals surface area contributed by atoms with Gasteiger partial charge in [0, 0.05) is 37.3 Å². The molecule has 0 aliphatic carbocycles. The van der Waals surface area contributed by atoms with Gasteiger partial charge in [-0.2, -0.15) is 5.10 Å². The summed E-state index contributed by atoms with van der Waals surface area (Å²) in [4.78, 5) is 32.0. The van der Waals surface area contributed by atoms with E-state index in [0.717, 1.165) is 16.5 Å². The second-order valence-electron chi connectivity index (χ2n) is 6.69. The molecule has 1 atom stereocenters. The summed E-state index contributed by atoms with van der Waals surface area (Å²) in [6.45, 7) is 2.89. The largest absolute Gasteiger partial charge is 0.353 e. The minimum Gasteiger partial charge on any atom is -0.353 e. The third kappa shape index (κ3) is 3.05. The van der Waals surface area contributed by atoms with Crippen LogP contribution in [0.25, 0.3) is 22.2 Å². The first-order chi connectivity index (χ1) is 13.1. The molecular weight excluding hydrogens is 342 g/mol. The highest BCUT2D eigenvalue weighted by molar-refractivity contribution is 6.08. The molecule has 7 nitrogen and oxygen atoms in total. The van der Waals surface area contributed by atoms with E-state index in [1.807, 2.05) is 44.4 Å². The lowest BCUT2D eigenvalue weighted by atomic mass is 10.0. The van der Waals surface area contributed by atoms with Crippen molar-refractivity contribution in [2.45, 2.75) is 19.4 Å². The number of nitrogens with zero attached hydrogens (tertiary/aromatic N) is 4. The third-order valence-electron chi connectivity index (χ3n) is 4.93. The van der Waals surface area contributed by atoms with Gasteiger partial charge in [0.2, 0.25) is 5.91 Å². The van der Waals surface area contributed by atoms with E-state index in [9.17, 15) is 9.59 Å². The van der Waals surface area contributed by atoms with Crippen LogP contribution in [-0.2, 0) is 11.8 Å². The van der Waals surface area contributed by atoms with Crippen LogP contribution in [0.15, 0.2) is 42.7 Å². The Labute approximate surface area is 157 Å². The number of hydrogen-bond donors (Lipinski definition) is 1. The first-order valence-electron chi connectivity index (χ1n) is 9.06. The van der Waals surface area contributed by atoms with Crippen LogP contribution < -0.4 is 5.32 Å². The second-order valence-corrected chi connectivity index (χ2v) is 6.69. The van der Waals surface area contributed by atoms with Gasteiger partial charge in [0.05, 0.1) is 23.0 Å². The molecule has 0 radical (unpaired) electrons. The molecule has 4 rings (SSSR count). The number of piperazine rings is 1. The van der Waals surface area contributed by atoms with Crippen LogP contribution in [0.1, 0.15) is 23.7 Å². The van der Waals surface area contributed by atoms with Crippen molar-refractivity contribution in [2.24, 2.45) is 7.05 Å². The van der Waals surface area contributed by atoms with E-state index < -0.39 is 6.04 Å². The van der Waals surface area contributed by atoms with E-state index in [1.165, 1.54) is 0 Å². The molecule has 1 fully saturated rings. The average Bonchev–Trinajstić information content (AvgIpc) is 3.12. The van der Waals surface area contributed by atoms with E-state index in [-0.39, 0.29) is 11.8 Å². The number of amides is 2. The highest BCUT2D eigenvalue weighted by atomic mass is 16.2. The molecule has 1 saturated heterocycles. The number of nitrogens with one attached hydrogen (secondary N) is 1. The van der Waals surface area contributed by atoms with Crippen LogP contribution in [0.5, 0.6) is 0 Å². The van der Waals surface area contributed by atoms with Crippen molar-refractivity contribution in [1.82, 2.24) is 25.0 Å². The van der Waals surface area contributed by atoms with Crippen LogP contribution in [0.3, 0.4) is 0 Å². The van der Waals surface area contributed by atoms with Gasteiger partial charge in [0.15, 0.2) is 0 Å². The van der Waals surface area contributed by atoms with Crippen molar-refractivity contribution in [2.75, 3.05) is 13.1 Å². The maximum Gasteiger partial charge on any atom is 0.255 e. The Hall–Kier alpha value is -3.22. The predicted octanol–water partition coefficient (Wildman–Crippen LogP) is 1.99. The molecule has 2 amide bonds. The van der Waals surface area contributed by atoms with Gasteiger partial charge in [0.25, 0.3) is 5.91 Å². The summed E-state index contributed by atoms with van der Waals surface area (Å²) in [6.07, 6.45) is 4.18. The number of carbonyl (C=O) groups is 2. The predicted molar refractivity (Wildman–Crippen MR) is 102 cm³/mol. The summed E-state index contributed by atoms with van der Waals surface area (Å²) < 4.78 is 1.70. The molecule has 0 spiro atoms. The van der Waals surface area contributed by atoms with Crippen LogP contribution >= 0.6 is 0 Å². The number of pyridine rings is 1. The molecule has 2 aromatic heterocycles. The summed E-state index contributed by atoms with van der Waals surface area (Å²) in [7, 11) is 1.84. The van der Waals surface area contributed by atoms with Crippen molar-refractivity contribution in [3.05, 3.63) is 48.3 Å². The topological polar surface area (TPSA) is 80.1 Å². The van der Waals surface area contributed by atoms with E-state index in [0.29, 0.717) is 30.8 Å². The van der Waals surface area contributed by atoms with Crippen LogP contribution in [0.4, 0.5) is 0 Å². The van der Waals surface area contributed by atoms with Crippen molar-refractivity contribution in [3.8, 4) is 11.3 Å². The Bertz CT molecular complexity index is 1030. The number of hydrogen-bond acceptors (Lipinski definition) is 4. The minimum atomic E-state index is -0.444. The fraction of sp³-hybridized carbons (Fsp3) is 0.300. The maximum atomic E-state index is 13.4. The first-order valence-corrected chi connectivity index (χ1v) is 9.06. The molecule has 1 aliphatic heterocycles. The van der Waals surface area contributed by atoms with Crippen molar-refractivity contribution < 1.29 is 9.59 Å². The number of rotatable bonds is 3. The normalized spacial score (nSPS) is 17.2. The summed E-state index contributed by atoms with van der Waals surface area (Å²) in [5, 5.41) is 7.83. The molecule has 1 aliphatic rings. The highest BCUT2D eigenvalue weighted by Crippen LogP contribution is 2.26. The lowest BCUT2D eigenvalue weighted by Crippen LogP contribution is -2.56. The molecule has 1 N–H and O–H groups in total. The fourth-order valence-electron chi connectivity index (χ4n) is 3.57. The van der Waals surface area contributed by atoms with Crippen molar-refractivity contribution in [3.63, 3.8) is 0 Å². The van der Waals surface area contributed by atoms with Gasteiger partial charge < -0.3 is 10.2 Å². The summed E-state index contributed by atoms with van der Waals surface area (Å²) >= 11 is 0. The lowest BCUT2D eigenvalue weighted by molar-refractivity contribution is -0.127. The minimum absolute atomic E-state index is 0.0945. The van der Waals surface area contributed by atoms with Gasteiger partial charge in [-0.3, -0.25) is 14.3 Å². The number of aryl methyl sites for hydroxylation is 1. The van der Waals surface area contributed by atoms with Gasteiger partial charge in [0.1, 0.15) is 6.04 Å². The Morgan fingerprint density at radius 2 is 2.15 bits per heavy atom. The molecule has 7 heteroatoms. The molecule has 1 unspecified atom stereocenters. The zero-order valence-electron chi connectivity index (χ0n) is 15.3. The second kappa shape index (κ2) is 6.83. The summed E-state index contributed by atoms with van der Waals surface area (Å²) in [5.74, 6) is -0.233. The zero-order valence-corrected chi connectivity index (χ0v) is 15.3. The number of fused-ring (bicyclic) bond motifs is 1. The number of para-hydroxylation sites is 1. The molecule has 0 saturated carbocycles. The molecule has 3 aromatic rings. The average molecular weight is 363 g/mol. The molecule has 27 heavy (non-hydrogen) atoms. The standard InChI is InChI=1S/C20H21N5O2/c1-3-18-19(26)21-8-9-25(18)20(27)15-10-17(13-11-22-24(2)12-13)23-16-7-5-4-6-14(15)16/h4-7,10-12,18H,3,8-9H2,1-2H3,(H,21,26). The van der Waals surface area contributed by atoms with Gasteiger partial charge in [-0.1, -0.05) is 25.1 Å². The number of aromatic nitrogens is 3. The Morgan fingerprint density at radius 1 is 1.33 bits per heavy atom. The molecule has 0 bridgehead atoms. The Balaban J connectivity index is 1.84. The number of carbonyl (C=O) groups excluding carboxylic acids is 2. The summed E-state index contributed by atoms with van der Waals surface area (Å²) in [6, 6.07) is 8.95. The van der Waals surface area contributed by atoms with Gasteiger partial charge in [-0.05, 0) is 18.6 Å². The van der Waals surface area contributed by atoms with E-state index in [1.54, 1.807) is 21.8 Å². The van der Waals surface area contributed by atoms with E-state index in [4.69, 9.17) is 4.98 Å². The summed E-state index contributed by atoms with van der Waals surface area (Å²) in [5.41, 5.74) is 2.85. The highest BCUT2D eigenvalue weighted by Gasteiger charge is 2.33. The Morgan fingerprint density at radius 3 is 2.89 bits per heavy atom. The molecule has 3 heterocycles.